The maximum absolute atomic E-state index is 2.54. The van der Waals surface area contributed by atoms with Crippen LogP contribution in [0, 0.1) is 6.92 Å². The average Bonchev–Trinajstić information content (AvgIpc) is 2.24. The highest BCUT2D eigenvalue weighted by Crippen LogP contribution is 2.39. The van der Waals surface area contributed by atoms with Gasteiger partial charge in [0.25, 0.3) is 0 Å². The lowest BCUT2D eigenvalue weighted by Crippen LogP contribution is -2.43. The average molecular weight is 201 g/mol. The van der Waals surface area contributed by atoms with Crippen LogP contribution in [0.25, 0.3) is 0 Å². The van der Waals surface area contributed by atoms with Gasteiger partial charge in [-0.1, -0.05) is 23.8 Å². The Morgan fingerprint density at radius 2 is 2.20 bits per heavy atom. The molecule has 0 saturated carbocycles. The number of aryl methyl sites for hydroxylation is 1. The van der Waals surface area contributed by atoms with Crippen LogP contribution in [0.1, 0.15) is 35.4 Å². The van der Waals surface area contributed by atoms with Crippen molar-refractivity contribution >= 4 is 0 Å². The summed E-state index contributed by atoms with van der Waals surface area (Å²) in [5.41, 5.74) is 4.68. The van der Waals surface area contributed by atoms with E-state index >= 15 is 0 Å². The molecule has 80 valence electrons. The Balaban J connectivity index is 2.03. The van der Waals surface area contributed by atoms with E-state index in [0.717, 1.165) is 12.0 Å². The molecule has 2 aliphatic rings. The van der Waals surface area contributed by atoms with Crippen molar-refractivity contribution in [1.82, 2.24) is 4.90 Å². The van der Waals surface area contributed by atoms with Gasteiger partial charge in [-0.15, -0.1) is 0 Å². The van der Waals surface area contributed by atoms with Crippen molar-refractivity contribution in [3.8, 4) is 0 Å². The maximum atomic E-state index is 2.54. The molecule has 15 heavy (non-hydrogen) atoms. The molecule has 1 aromatic rings. The van der Waals surface area contributed by atoms with Gasteiger partial charge < -0.3 is 4.90 Å². The lowest BCUT2D eigenvalue weighted by atomic mass is 9.75. The normalized spacial score (nSPS) is 30.0. The van der Waals surface area contributed by atoms with Crippen LogP contribution >= 0.6 is 0 Å². The first-order chi connectivity index (χ1) is 7.24. The minimum Gasteiger partial charge on any atom is -0.303 e. The number of likely N-dealkylation sites (N-methyl/N-ethyl adjacent to an activating group) is 1. The summed E-state index contributed by atoms with van der Waals surface area (Å²) in [6.45, 7) is 3.49. The highest BCUT2D eigenvalue weighted by molar-refractivity contribution is 5.37. The number of likely N-dealkylation sites (tertiary alicyclic amines) is 1. The lowest BCUT2D eigenvalue weighted by molar-refractivity contribution is 0.157. The molecule has 0 radical (unpaired) electrons. The van der Waals surface area contributed by atoms with Crippen molar-refractivity contribution in [1.29, 1.82) is 0 Å². The van der Waals surface area contributed by atoms with Crippen LogP contribution in [-0.2, 0) is 6.42 Å². The molecule has 1 aliphatic carbocycles. The zero-order valence-electron chi connectivity index (χ0n) is 9.66. The molecule has 2 unspecified atom stereocenters. The summed E-state index contributed by atoms with van der Waals surface area (Å²) in [6.07, 6.45) is 4.00. The largest absolute Gasteiger partial charge is 0.303 e. The van der Waals surface area contributed by atoms with Crippen LogP contribution < -0.4 is 0 Å². The van der Waals surface area contributed by atoms with E-state index in [1.54, 1.807) is 11.1 Å². The van der Waals surface area contributed by atoms with E-state index in [-0.39, 0.29) is 0 Å². The molecule has 1 heteroatoms. The molecule has 1 aliphatic heterocycles. The molecular weight excluding hydrogens is 182 g/mol. The fourth-order valence-electron chi connectivity index (χ4n) is 3.22. The molecule has 0 spiro atoms. The zero-order valence-corrected chi connectivity index (χ0v) is 9.66. The monoisotopic (exact) mass is 201 g/mol. The minimum absolute atomic E-state index is 0.805. The third-order valence-electron chi connectivity index (χ3n) is 4.21. The number of fused-ring (bicyclic) bond motifs is 4. The first-order valence-electron chi connectivity index (χ1n) is 6.03. The molecule has 1 fully saturated rings. The predicted octanol–water partition coefficient (Wildman–Crippen LogP) is 2.73. The van der Waals surface area contributed by atoms with Gasteiger partial charge in [-0.3, -0.25) is 0 Å². The van der Waals surface area contributed by atoms with Gasteiger partial charge in [0.2, 0.25) is 0 Å². The first kappa shape index (κ1) is 9.41. The number of hydrogen-bond donors (Lipinski definition) is 0. The molecule has 0 aromatic heterocycles. The topological polar surface area (TPSA) is 3.24 Å². The fraction of sp³-hybridized carbons (Fsp3) is 0.571. The summed E-state index contributed by atoms with van der Waals surface area (Å²) in [6, 6.07) is 7.84. The standard InChI is InChI=1S/C14H19N/c1-10-3-4-11-8-13-9-12(14(11)7-10)5-6-15(13)2/h3-4,7,12-13H,5-6,8-9H2,1-2H3. The Kier molecular flexibility index (Phi) is 2.10. The van der Waals surface area contributed by atoms with Crippen molar-refractivity contribution in [2.75, 3.05) is 13.6 Å². The Labute approximate surface area is 92.1 Å². The van der Waals surface area contributed by atoms with Crippen molar-refractivity contribution in [2.24, 2.45) is 0 Å². The van der Waals surface area contributed by atoms with Crippen LogP contribution in [-0.4, -0.2) is 24.5 Å². The third kappa shape index (κ3) is 1.50. The number of benzene rings is 1. The molecule has 1 heterocycles. The molecule has 3 rings (SSSR count). The molecule has 1 saturated heterocycles. The number of piperidine rings is 1. The van der Waals surface area contributed by atoms with Gasteiger partial charge in [-0.2, -0.15) is 0 Å². The molecular formula is C14H19N. The number of hydrogen-bond acceptors (Lipinski definition) is 1. The van der Waals surface area contributed by atoms with E-state index in [2.05, 4.69) is 37.1 Å². The highest BCUT2D eigenvalue weighted by atomic mass is 15.1. The second-order valence-corrected chi connectivity index (χ2v) is 5.26. The summed E-state index contributed by atoms with van der Waals surface area (Å²) < 4.78 is 0. The van der Waals surface area contributed by atoms with E-state index < -0.39 is 0 Å². The van der Waals surface area contributed by atoms with Crippen molar-refractivity contribution in [2.45, 2.75) is 38.1 Å². The third-order valence-corrected chi connectivity index (χ3v) is 4.21. The summed E-state index contributed by atoms with van der Waals surface area (Å²) in [5, 5.41) is 0. The first-order valence-corrected chi connectivity index (χ1v) is 6.03. The van der Waals surface area contributed by atoms with Crippen LogP contribution in [0.15, 0.2) is 18.2 Å². The highest BCUT2D eigenvalue weighted by Gasteiger charge is 2.32. The van der Waals surface area contributed by atoms with Gasteiger partial charge >= 0.3 is 0 Å². The van der Waals surface area contributed by atoms with Gasteiger partial charge in [0.05, 0.1) is 0 Å². The summed E-state index contributed by atoms with van der Waals surface area (Å²) >= 11 is 0. The van der Waals surface area contributed by atoms with E-state index in [4.69, 9.17) is 0 Å². The van der Waals surface area contributed by atoms with E-state index in [1.807, 2.05) is 0 Å². The molecule has 2 bridgehead atoms. The summed E-state index contributed by atoms with van der Waals surface area (Å²) in [7, 11) is 2.28. The van der Waals surface area contributed by atoms with E-state index in [9.17, 15) is 0 Å². The Hall–Kier alpha value is -0.820. The minimum atomic E-state index is 0.805. The molecule has 2 atom stereocenters. The molecule has 1 nitrogen and oxygen atoms in total. The van der Waals surface area contributed by atoms with Crippen LogP contribution in [0.3, 0.4) is 0 Å². The van der Waals surface area contributed by atoms with Crippen molar-refractivity contribution in [3.63, 3.8) is 0 Å². The second-order valence-electron chi connectivity index (χ2n) is 5.26. The van der Waals surface area contributed by atoms with Gasteiger partial charge in [-0.25, -0.2) is 0 Å². The Morgan fingerprint density at radius 1 is 1.33 bits per heavy atom. The molecule has 0 amide bonds. The quantitative estimate of drug-likeness (QED) is 0.624. The maximum Gasteiger partial charge on any atom is 0.0138 e. The second kappa shape index (κ2) is 3.34. The molecule has 1 aromatic carbocycles. The van der Waals surface area contributed by atoms with Crippen LogP contribution in [0.5, 0.6) is 0 Å². The smallest absolute Gasteiger partial charge is 0.0138 e. The van der Waals surface area contributed by atoms with Crippen molar-refractivity contribution < 1.29 is 0 Å². The number of nitrogens with zero attached hydrogens (tertiary/aromatic N) is 1. The van der Waals surface area contributed by atoms with Gasteiger partial charge in [0, 0.05) is 6.04 Å². The van der Waals surface area contributed by atoms with Crippen LogP contribution in [0.2, 0.25) is 0 Å². The van der Waals surface area contributed by atoms with Gasteiger partial charge in [-0.05, 0) is 56.8 Å². The van der Waals surface area contributed by atoms with Gasteiger partial charge in [0.15, 0.2) is 0 Å². The lowest BCUT2D eigenvalue weighted by Gasteiger charge is -2.42. The number of rotatable bonds is 0. The summed E-state index contributed by atoms with van der Waals surface area (Å²) in [4.78, 5) is 2.54. The Bertz CT molecular complexity index is 383. The Morgan fingerprint density at radius 3 is 3.07 bits per heavy atom. The van der Waals surface area contributed by atoms with Gasteiger partial charge in [0.1, 0.15) is 0 Å². The van der Waals surface area contributed by atoms with Crippen molar-refractivity contribution in [3.05, 3.63) is 34.9 Å². The van der Waals surface area contributed by atoms with E-state index in [0.29, 0.717) is 0 Å². The zero-order chi connectivity index (χ0) is 10.4. The summed E-state index contributed by atoms with van der Waals surface area (Å²) in [5.74, 6) is 0.842. The predicted molar refractivity (Wildman–Crippen MR) is 63.3 cm³/mol. The van der Waals surface area contributed by atoms with E-state index in [1.165, 1.54) is 31.4 Å². The fourth-order valence-corrected chi connectivity index (χ4v) is 3.22. The van der Waals surface area contributed by atoms with Crippen LogP contribution in [0.4, 0.5) is 0 Å². The SMILES string of the molecule is Cc1ccc2c(c1)C1CCN(C)C(C2)C1. The molecule has 0 N–H and O–H groups in total.